The first-order valence-electron chi connectivity index (χ1n) is 4.69. The highest BCUT2D eigenvalue weighted by Crippen LogP contribution is 2.11. The number of carbonyl (C=O) groups is 1. The molecule has 0 aliphatic rings. The molecule has 0 spiro atoms. The van der Waals surface area contributed by atoms with Gasteiger partial charge in [0.2, 0.25) is 0 Å². The van der Waals surface area contributed by atoms with Crippen LogP contribution in [-0.4, -0.2) is 11.1 Å². The molecule has 1 heterocycles. The van der Waals surface area contributed by atoms with Crippen LogP contribution in [0.4, 0.5) is 0 Å². The molecule has 4 nitrogen and oxygen atoms in total. The molecule has 82 valence electrons. The van der Waals surface area contributed by atoms with E-state index in [1.165, 1.54) is 0 Å². The van der Waals surface area contributed by atoms with Crippen LogP contribution in [0, 0.1) is 0 Å². The number of nitrogens with one attached hydrogen (secondary N) is 1. The minimum atomic E-state index is -0.141. The van der Waals surface area contributed by atoms with E-state index >= 15 is 0 Å². The second kappa shape index (κ2) is 4.94. The molecule has 0 aliphatic heterocycles. The first-order valence-corrected chi connectivity index (χ1v) is 5.48. The summed E-state index contributed by atoms with van der Waals surface area (Å²) in [4.78, 5) is 11.7. The predicted octanol–water partition coefficient (Wildman–Crippen LogP) is 2.37. The fourth-order valence-corrected chi connectivity index (χ4v) is 1.63. The number of aromatic nitrogens is 1. The zero-order valence-electron chi connectivity index (χ0n) is 8.31. The number of halogens is 1. The quantitative estimate of drug-likeness (QED) is 0.939. The SMILES string of the molecule is O=C(NCc1ccno1)c1cccc(Br)c1. The van der Waals surface area contributed by atoms with E-state index in [9.17, 15) is 4.79 Å². The lowest BCUT2D eigenvalue weighted by atomic mass is 10.2. The third-order valence-corrected chi connectivity index (χ3v) is 2.49. The number of nitrogens with zero attached hydrogens (tertiary/aromatic N) is 1. The predicted molar refractivity (Wildman–Crippen MR) is 61.8 cm³/mol. The van der Waals surface area contributed by atoms with Crippen molar-refractivity contribution >= 4 is 21.8 Å². The van der Waals surface area contributed by atoms with E-state index in [0.29, 0.717) is 17.9 Å². The van der Waals surface area contributed by atoms with Gasteiger partial charge in [0.15, 0.2) is 5.76 Å². The maximum atomic E-state index is 11.7. The lowest BCUT2D eigenvalue weighted by Gasteiger charge is -2.02. The molecule has 1 aromatic carbocycles. The van der Waals surface area contributed by atoms with E-state index in [0.717, 1.165) is 4.47 Å². The van der Waals surface area contributed by atoms with Crippen LogP contribution < -0.4 is 5.32 Å². The fourth-order valence-electron chi connectivity index (χ4n) is 1.23. The molecule has 1 aromatic heterocycles. The Balaban J connectivity index is 1.98. The van der Waals surface area contributed by atoms with Crippen LogP contribution in [-0.2, 0) is 6.54 Å². The standard InChI is InChI=1S/C11H9BrN2O2/c12-9-3-1-2-8(6-9)11(15)13-7-10-4-5-14-16-10/h1-6H,7H2,(H,13,15). The first kappa shape index (κ1) is 10.9. The van der Waals surface area contributed by atoms with Crippen LogP contribution >= 0.6 is 15.9 Å². The van der Waals surface area contributed by atoms with Crippen LogP contribution in [0.1, 0.15) is 16.1 Å². The monoisotopic (exact) mass is 280 g/mol. The zero-order valence-corrected chi connectivity index (χ0v) is 9.90. The number of benzene rings is 1. The molecule has 1 amide bonds. The van der Waals surface area contributed by atoms with Crippen molar-refractivity contribution in [3.05, 3.63) is 52.3 Å². The van der Waals surface area contributed by atoms with E-state index in [1.54, 1.807) is 24.4 Å². The summed E-state index contributed by atoms with van der Waals surface area (Å²) >= 11 is 3.31. The van der Waals surface area contributed by atoms with Crippen molar-refractivity contribution in [1.82, 2.24) is 10.5 Å². The summed E-state index contributed by atoms with van der Waals surface area (Å²) in [5.41, 5.74) is 0.605. The first-order chi connectivity index (χ1) is 7.75. The number of rotatable bonds is 3. The smallest absolute Gasteiger partial charge is 0.251 e. The molecule has 2 aromatic rings. The van der Waals surface area contributed by atoms with Crippen LogP contribution in [0.2, 0.25) is 0 Å². The number of carbonyl (C=O) groups excluding carboxylic acids is 1. The minimum absolute atomic E-state index is 0.141. The molecule has 0 bridgehead atoms. The van der Waals surface area contributed by atoms with Gasteiger partial charge >= 0.3 is 0 Å². The van der Waals surface area contributed by atoms with Gasteiger partial charge in [-0.2, -0.15) is 0 Å². The van der Waals surface area contributed by atoms with Crippen LogP contribution in [0.25, 0.3) is 0 Å². The Morgan fingerprint density at radius 1 is 1.44 bits per heavy atom. The molecule has 0 aliphatic carbocycles. The van der Waals surface area contributed by atoms with Gasteiger partial charge in [0, 0.05) is 16.1 Å². The molecule has 2 rings (SSSR count). The third kappa shape index (κ3) is 2.70. The molecule has 5 heteroatoms. The van der Waals surface area contributed by atoms with Crippen molar-refractivity contribution < 1.29 is 9.32 Å². The number of amides is 1. The summed E-state index contributed by atoms with van der Waals surface area (Å²) in [6.07, 6.45) is 1.54. The highest BCUT2D eigenvalue weighted by molar-refractivity contribution is 9.10. The van der Waals surface area contributed by atoms with Crippen LogP contribution in [0.3, 0.4) is 0 Å². The molecule has 0 atom stereocenters. The normalized spacial score (nSPS) is 10.1. The Morgan fingerprint density at radius 3 is 3.00 bits per heavy atom. The summed E-state index contributed by atoms with van der Waals surface area (Å²) < 4.78 is 5.74. The van der Waals surface area contributed by atoms with Crippen molar-refractivity contribution in [1.29, 1.82) is 0 Å². The van der Waals surface area contributed by atoms with Crippen molar-refractivity contribution in [2.75, 3.05) is 0 Å². The van der Waals surface area contributed by atoms with Gasteiger partial charge in [0.05, 0.1) is 12.7 Å². The molecule has 0 radical (unpaired) electrons. The lowest BCUT2D eigenvalue weighted by Crippen LogP contribution is -2.22. The van der Waals surface area contributed by atoms with E-state index in [2.05, 4.69) is 26.4 Å². The highest BCUT2D eigenvalue weighted by atomic mass is 79.9. The van der Waals surface area contributed by atoms with E-state index in [1.807, 2.05) is 12.1 Å². The van der Waals surface area contributed by atoms with E-state index in [4.69, 9.17) is 4.52 Å². The average Bonchev–Trinajstić information content (AvgIpc) is 2.78. The summed E-state index contributed by atoms with van der Waals surface area (Å²) in [5, 5.41) is 6.29. The summed E-state index contributed by atoms with van der Waals surface area (Å²) in [6.45, 7) is 0.339. The lowest BCUT2D eigenvalue weighted by molar-refractivity contribution is 0.0947. The molecule has 16 heavy (non-hydrogen) atoms. The minimum Gasteiger partial charge on any atom is -0.360 e. The highest BCUT2D eigenvalue weighted by Gasteiger charge is 2.06. The maximum Gasteiger partial charge on any atom is 0.251 e. The van der Waals surface area contributed by atoms with Crippen molar-refractivity contribution in [3.8, 4) is 0 Å². The molecule has 0 fully saturated rings. The van der Waals surface area contributed by atoms with Gasteiger partial charge in [-0.15, -0.1) is 0 Å². The van der Waals surface area contributed by atoms with Gasteiger partial charge < -0.3 is 9.84 Å². The Hall–Kier alpha value is -1.62. The average molecular weight is 281 g/mol. The zero-order chi connectivity index (χ0) is 11.4. The summed E-state index contributed by atoms with van der Waals surface area (Å²) in [6, 6.07) is 8.90. The van der Waals surface area contributed by atoms with Crippen molar-refractivity contribution in [3.63, 3.8) is 0 Å². The second-order valence-corrected chi connectivity index (χ2v) is 4.09. The molecule has 0 saturated heterocycles. The maximum absolute atomic E-state index is 11.7. The molecule has 0 unspecified atom stereocenters. The van der Waals surface area contributed by atoms with E-state index < -0.39 is 0 Å². The Bertz CT molecular complexity index is 482. The molecular weight excluding hydrogens is 272 g/mol. The van der Waals surface area contributed by atoms with Crippen molar-refractivity contribution in [2.45, 2.75) is 6.54 Å². The summed E-state index contributed by atoms with van der Waals surface area (Å²) in [7, 11) is 0. The van der Waals surface area contributed by atoms with Gasteiger partial charge in [-0.05, 0) is 18.2 Å². The Labute approximate surface area is 101 Å². The number of hydrogen-bond acceptors (Lipinski definition) is 3. The Kier molecular flexibility index (Phi) is 3.36. The van der Waals surface area contributed by atoms with Gasteiger partial charge in [0.25, 0.3) is 5.91 Å². The largest absolute Gasteiger partial charge is 0.360 e. The molecular formula is C11H9BrN2O2. The molecule has 1 N–H and O–H groups in total. The van der Waals surface area contributed by atoms with Gasteiger partial charge in [-0.3, -0.25) is 4.79 Å². The van der Waals surface area contributed by atoms with E-state index in [-0.39, 0.29) is 5.91 Å². The topological polar surface area (TPSA) is 55.1 Å². The summed E-state index contributed by atoms with van der Waals surface area (Å²) in [5.74, 6) is 0.487. The van der Waals surface area contributed by atoms with Gasteiger partial charge in [0.1, 0.15) is 0 Å². The van der Waals surface area contributed by atoms with Crippen LogP contribution in [0.5, 0.6) is 0 Å². The van der Waals surface area contributed by atoms with Gasteiger partial charge in [-0.25, -0.2) is 0 Å². The fraction of sp³-hybridized carbons (Fsp3) is 0.0909. The third-order valence-electron chi connectivity index (χ3n) is 2.00. The number of hydrogen-bond donors (Lipinski definition) is 1. The molecule has 0 saturated carbocycles. The second-order valence-electron chi connectivity index (χ2n) is 3.17. The van der Waals surface area contributed by atoms with Crippen LogP contribution in [0.15, 0.2) is 45.5 Å². The Morgan fingerprint density at radius 2 is 2.31 bits per heavy atom. The van der Waals surface area contributed by atoms with Crippen molar-refractivity contribution in [2.24, 2.45) is 0 Å². The van der Waals surface area contributed by atoms with Gasteiger partial charge in [-0.1, -0.05) is 27.2 Å².